The molecule has 0 aliphatic carbocycles. The fourth-order valence-electron chi connectivity index (χ4n) is 2.34. The third-order valence-electron chi connectivity index (χ3n) is 3.50. The molecular weight excluding hydrogens is 318 g/mol. The highest BCUT2D eigenvalue weighted by Crippen LogP contribution is 2.25. The normalized spacial score (nSPS) is 13.0. The van der Waals surface area contributed by atoms with Crippen molar-refractivity contribution in [2.24, 2.45) is 0 Å². The summed E-state index contributed by atoms with van der Waals surface area (Å²) >= 11 is 7.58. The van der Waals surface area contributed by atoms with Crippen molar-refractivity contribution in [1.29, 1.82) is 0 Å². The first-order valence-corrected chi connectivity index (χ1v) is 8.47. The van der Waals surface area contributed by atoms with Crippen LogP contribution in [-0.4, -0.2) is 24.3 Å². The minimum atomic E-state index is 0.219. The largest absolute Gasteiger partial charge is 0.327 e. The predicted molar refractivity (Wildman–Crippen MR) is 89.4 cm³/mol. The van der Waals surface area contributed by atoms with Gasteiger partial charge in [0.2, 0.25) is 0 Å². The van der Waals surface area contributed by atoms with Gasteiger partial charge in [0.05, 0.1) is 22.3 Å². The Labute approximate surface area is 138 Å². The Balaban J connectivity index is 1.78. The minimum Gasteiger partial charge on any atom is -0.327 e. The topological polar surface area (TPSA) is 48.5 Å². The summed E-state index contributed by atoms with van der Waals surface area (Å²) in [5.41, 5.74) is 0.935. The lowest BCUT2D eigenvalue weighted by Gasteiger charge is -2.10. The summed E-state index contributed by atoms with van der Waals surface area (Å²) in [5, 5.41) is 8.05. The van der Waals surface area contributed by atoms with Gasteiger partial charge in [0.25, 0.3) is 0 Å². The van der Waals surface area contributed by atoms with Crippen LogP contribution in [0.2, 0.25) is 5.02 Å². The van der Waals surface area contributed by atoms with Gasteiger partial charge in [-0.15, -0.1) is 11.3 Å². The number of rotatable bonds is 5. The fraction of sp³-hybridized carbons (Fsp3) is 0.400. The molecule has 116 valence electrons. The van der Waals surface area contributed by atoms with Crippen molar-refractivity contribution in [1.82, 2.24) is 24.3 Å². The number of nitrogens with zero attached hydrogens (tertiary/aromatic N) is 5. The lowest BCUT2D eigenvalue weighted by atomic mass is 10.2. The summed E-state index contributed by atoms with van der Waals surface area (Å²) in [6.07, 6.45) is 8.14. The number of hydrogen-bond acceptors (Lipinski definition) is 4. The van der Waals surface area contributed by atoms with Gasteiger partial charge >= 0.3 is 0 Å². The van der Waals surface area contributed by atoms with Crippen LogP contribution in [0.4, 0.5) is 0 Å². The quantitative estimate of drug-likeness (QED) is 0.700. The van der Waals surface area contributed by atoms with E-state index in [9.17, 15) is 0 Å². The van der Waals surface area contributed by atoms with Crippen molar-refractivity contribution in [3.8, 4) is 11.5 Å². The van der Waals surface area contributed by atoms with Gasteiger partial charge in [0.15, 0.2) is 5.82 Å². The van der Waals surface area contributed by atoms with Crippen LogP contribution in [0, 0.1) is 0 Å². The molecule has 0 fully saturated rings. The molecule has 0 radical (unpaired) electrons. The van der Waals surface area contributed by atoms with Crippen LogP contribution >= 0.6 is 22.9 Å². The number of halogens is 1. The molecular formula is C15H18ClN5S. The van der Waals surface area contributed by atoms with Crippen LogP contribution in [-0.2, 0) is 6.42 Å². The van der Waals surface area contributed by atoms with Crippen molar-refractivity contribution < 1.29 is 0 Å². The van der Waals surface area contributed by atoms with Crippen LogP contribution in [0.15, 0.2) is 30.2 Å². The van der Waals surface area contributed by atoms with Crippen LogP contribution in [0.3, 0.4) is 0 Å². The molecule has 0 amide bonds. The minimum absolute atomic E-state index is 0.219. The van der Waals surface area contributed by atoms with E-state index >= 15 is 0 Å². The standard InChI is InChI=1S/C15H18ClN5S/c1-10(2)20-5-4-17-15(20)13-9-22-14(19-13)6-11(3)21-8-12(16)7-18-21/h4-5,7-11H,6H2,1-3H3/t11-/m1/s1. The Morgan fingerprint density at radius 2 is 2.14 bits per heavy atom. The van der Waals surface area contributed by atoms with Crippen LogP contribution in [0.25, 0.3) is 11.5 Å². The molecule has 0 unspecified atom stereocenters. The summed E-state index contributed by atoms with van der Waals surface area (Å²) in [7, 11) is 0. The molecule has 1 atom stereocenters. The third kappa shape index (κ3) is 3.08. The Kier molecular flexibility index (Phi) is 4.31. The summed E-state index contributed by atoms with van der Waals surface area (Å²) < 4.78 is 4.01. The Morgan fingerprint density at radius 3 is 2.82 bits per heavy atom. The van der Waals surface area contributed by atoms with Gasteiger partial charge < -0.3 is 4.57 Å². The predicted octanol–water partition coefficient (Wildman–Crippen LogP) is 4.24. The molecule has 7 heteroatoms. The fourth-order valence-corrected chi connectivity index (χ4v) is 3.38. The lowest BCUT2D eigenvalue weighted by molar-refractivity contribution is 0.488. The molecule has 0 spiro atoms. The van der Waals surface area contributed by atoms with Crippen LogP contribution in [0.1, 0.15) is 37.9 Å². The first-order chi connectivity index (χ1) is 10.5. The zero-order valence-corrected chi connectivity index (χ0v) is 14.3. The molecule has 0 bridgehead atoms. The highest BCUT2D eigenvalue weighted by atomic mass is 35.5. The van der Waals surface area contributed by atoms with E-state index in [-0.39, 0.29) is 6.04 Å². The zero-order chi connectivity index (χ0) is 15.7. The Hall–Kier alpha value is -1.66. The summed E-state index contributed by atoms with van der Waals surface area (Å²) in [5.74, 6) is 0.923. The SMILES string of the molecule is CC(C)n1ccnc1-c1csc(C[C@@H](C)n2cc(Cl)cn2)n1. The molecule has 0 aromatic carbocycles. The van der Waals surface area contributed by atoms with E-state index in [0.29, 0.717) is 11.1 Å². The van der Waals surface area contributed by atoms with Crippen LogP contribution < -0.4 is 0 Å². The summed E-state index contributed by atoms with van der Waals surface area (Å²) in [6.45, 7) is 6.39. The van der Waals surface area contributed by atoms with Crippen molar-refractivity contribution in [3.05, 3.63) is 40.2 Å². The second-order valence-electron chi connectivity index (χ2n) is 5.57. The van der Waals surface area contributed by atoms with E-state index in [1.165, 1.54) is 0 Å². The van der Waals surface area contributed by atoms with Gasteiger partial charge in [-0.3, -0.25) is 4.68 Å². The molecule has 0 N–H and O–H groups in total. The maximum absolute atomic E-state index is 5.92. The maximum atomic E-state index is 5.92. The van der Waals surface area contributed by atoms with E-state index in [1.54, 1.807) is 17.5 Å². The van der Waals surface area contributed by atoms with Gasteiger partial charge in [0, 0.05) is 36.4 Å². The second-order valence-corrected chi connectivity index (χ2v) is 6.95. The molecule has 22 heavy (non-hydrogen) atoms. The van der Waals surface area contributed by atoms with Crippen molar-refractivity contribution in [2.45, 2.75) is 39.3 Å². The number of aromatic nitrogens is 5. The van der Waals surface area contributed by atoms with Gasteiger partial charge in [-0.2, -0.15) is 5.10 Å². The highest BCUT2D eigenvalue weighted by molar-refractivity contribution is 7.09. The molecule has 3 aromatic rings. The van der Waals surface area contributed by atoms with E-state index in [0.717, 1.165) is 22.9 Å². The molecule has 5 nitrogen and oxygen atoms in total. The number of thiazole rings is 1. The summed E-state index contributed by atoms with van der Waals surface area (Å²) in [4.78, 5) is 9.16. The molecule has 0 saturated carbocycles. The molecule has 3 aromatic heterocycles. The maximum Gasteiger partial charge on any atom is 0.159 e. The van der Waals surface area contributed by atoms with Crippen molar-refractivity contribution in [3.63, 3.8) is 0 Å². The van der Waals surface area contributed by atoms with Gasteiger partial charge in [-0.05, 0) is 20.8 Å². The first kappa shape index (κ1) is 15.2. The van der Waals surface area contributed by atoms with Crippen molar-refractivity contribution >= 4 is 22.9 Å². The van der Waals surface area contributed by atoms with Gasteiger partial charge in [0.1, 0.15) is 5.69 Å². The van der Waals surface area contributed by atoms with E-state index in [2.05, 4.69) is 40.8 Å². The Morgan fingerprint density at radius 1 is 1.32 bits per heavy atom. The van der Waals surface area contributed by atoms with Crippen LogP contribution in [0.5, 0.6) is 0 Å². The second kappa shape index (κ2) is 6.22. The van der Waals surface area contributed by atoms with Gasteiger partial charge in [-0.1, -0.05) is 11.6 Å². The Bertz CT molecular complexity index is 757. The monoisotopic (exact) mass is 335 g/mol. The average Bonchev–Trinajstić information content (AvgIpc) is 3.16. The van der Waals surface area contributed by atoms with E-state index in [1.807, 2.05) is 23.3 Å². The smallest absolute Gasteiger partial charge is 0.159 e. The molecule has 3 heterocycles. The molecule has 0 saturated heterocycles. The first-order valence-electron chi connectivity index (χ1n) is 7.22. The summed E-state index contributed by atoms with van der Waals surface area (Å²) in [6, 6.07) is 0.587. The van der Waals surface area contributed by atoms with E-state index < -0.39 is 0 Å². The number of hydrogen-bond donors (Lipinski definition) is 0. The molecule has 0 aliphatic rings. The third-order valence-corrected chi connectivity index (χ3v) is 4.56. The van der Waals surface area contributed by atoms with Crippen molar-refractivity contribution in [2.75, 3.05) is 0 Å². The molecule has 0 aliphatic heterocycles. The molecule has 3 rings (SSSR count). The van der Waals surface area contributed by atoms with Gasteiger partial charge in [-0.25, -0.2) is 9.97 Å². The number of imidazole rings is 1. The highest BCUT2D eigenvalue weighted by Gasteiger charge is 2.14. The lowest BCUT2D eigenvalue weighted by Crippen LogP contribution is -2.08. The zero-order valence-electron chi connectivity index (χ0n) is 12.8. The average molecular weight is 336 g/mol. The van der Waals surface area contributed by atoms with E-state index in [4.69, 9.17) is 16.6 Å².